The number of aromatic nitrogens is 4. The van der Waals surface area contributed by atoms with E-state index in [2.05, 4.69) is 46.2 Å². The Balaban J connectivity index is 1.50. The van der Waals surface area contributed by atoms with Crippen molar-refractivity contribution in [3.63, 3.8) is 0 Å². The van der Waals surface area contributed by atoms with Gasteiger partial charge in [-0.15, -0.1) is 0 Å². The number of nitrogens with one attached hydrogen (secondary N) is 1. The molecule has 2 aromatic heterocycles. The molecule has 1 aliphatic rings. The number of likely N-dealkylation sites (N-methyl/N-ethyl adjacent to an activating group) is 1. The zero-order valence-corrected chi connectivity index (χ0v) is 19.1. The Morgan fingerprint density at radius 1 is 1.25 bits per heavy atom. The molecule has 0 radical (unpaired) electrons. The Morgan fingerprint density at radius 3 is 2.94 bits per heavy atom. The summed E-state index contributed by atoms with van der Waals surface area (Å²) in [6, 6.07) is 8.09. The van der Waals surface area contributed by atoms with E-state index < -0.39 is 6.10 Å². The molecule has 0 saturated carbocycles. The van der Waals surface area contributed by atoms with Crippen molar-refractivity contribution in [2.75, 3.05) is 19.3 Å². The summed E-state index contributed by atoms with van der Waals surface area (Å²) < 4.78 is 6.18. The van der Waals surface area contributed by atoms with Gasteiger partial charge in [0, 0.05) is 34.6 Å². The maximum atomic E-state index is 6.49. The maximum Gasteiger partial charge on any atom is 0.258 e. The van der Waals surface area contributed by atoms with Crippen LogP contribution in [-0.4, -0.2) is 38.7 Å². The highest BCUT2D eigenvalue weighted by molar-refractivity contribution is 6.32. The number of nitrogens with zero attached hydrogens (tertiary/aromatic N) is 4. The first-order chi connectivity index (χ1) is 15.4. The molecule has 5 rings (SSSR count). The SMILES string of the molecule is Cc1cc(-c2cnc(N)c(OC(C)c3c(Cl)ccc4[nH]ncc34)n2)cc2c1CCN(C)C2. The zero-order chi connectivity index (χ0) is 22.4. The summed E-state index contributed by atoms with van der Waals surface area (Å²) >= 11 is 6.49. The molecule has 1 unspecified atom stereocenters. The van der Waals surface area contributed by atoms with Crippen LogP contribution < -0.4 is 10.5 Å². The number of nitrogen functional groups attached to an aromatic ring is 1. The van der Waals surface area contributed by atoms with Crippen molar-refractivity contribution in [1.29, 1.82) is 0 Å². The highest BCUT2D eigenvalue weighted by Gasteiger charge is 2.20. The summed E-state index contributed by atoms with van der Waals surface area (Å²) in [5, 5.41) is 8.58. The molecule has 1 aliphatic heterocycles. The van der Waals surface area contributed by atoms with Crippen LogP contribution in [0.2, 0.25) is 5.02 Å². The lowest BCUT2D eigenvalue weighted by atomic mass is 9.92. The monoisotopic (exact) mass is 448 g/mol. The first-order valence-electron chi connectivity index (χ1n) is 10.6. The topological polar surface area (TPSA) is 92.9 Å². The molecule has 8 heteroatoms. The molecule has 0 bridgehead atoms. The van der Waals surface area contributed by atoms with Crippen LogP contribution in [0.4, 0.5) is 5.82 Å². The van der Waals surface area contributed by atoms with Crippen molar-refractivity contribution in [1.82, 2.24) is 25.1 Å². The summed E-state index contributed by atoms with van der Waals surface area (Å²) in [7, 11) is 2.15. The maximum absolute atomic E-state index is 6.49. The lowest BCUT2D eigenvalue weighted by Crippen LogP contribution is -2.27. The number of aromatic amines is 1. The van der Waals surface area contributed by atoms with Crippen molar-refractivity contribution in [3.05, 3.63) is 63.9 Å². The van der Waals surface area contributed by atoms with Crippen molar-refractivity contribution >= 4 is 28.3 Å². The van der Waals surface area contributed by atoms with E-state index in [0.717, 1.165) is 47.2 Å². The predicted octanol–water partition coefficient (Wildman–Crippen LogP) is 4.69. The fourth-order valence-corrected chi connectivity index (χ4v) is 4.79. The summed E-state index contributed by atoms with van der Waals surface area (Å²) in [5.41, 5.74) is 13.6. The number of hydrogen-bond acceptors (Lipinski definition) is 6. The van der Waals surface area contributed by atoms with Crippen molar-refractivity contribution in [3.8, 4) is 17.1 Å². The molecular weight excluding hydrogens is 424 g/mol. The van der Waals surface area contributed by atoms with E-state index in [1.54, 1.807) is 12.4 Å². The van der Waals surface area contributed by atoms with Gasteiger partial charge in [0.2, 0.25) is 0 Å². The lowest BCUT2D eigenvalue weighted by Gasteiger charge is -2.27. The van der Waals surface area contributed by atoms with Crippen molar-refractivity contribution in [2.24, 2.45) is 0 Å². The first-order valence-corrected chi connectivity index (χ1v) is 11.0. The van der Waals surface area contributed by atoms with Gasteiger partial charge in [0.1, 0.15) is 6.10 Å². The van der Waals surface area contributed by atoms with E-state index in [1.807, 2.05) is 19.1 Å². The number of halogens is 1. The van der Waals surface area contributed by atoms with Gasteiger partial charge in [-0.05, 0) is 68.3 Å². The van der Waals surface area contributed by atoms with Gasteiger partial charge in [0.15, 0.2) is 5.82 Å². The average molecular weight is 449 g/mol. The zero-order valence-electron chi connectivity index (χ0n) is 18.3. The van der Waals surface area contributed by atoms with E-state index >= 15 is 0 Å². The molecule has 3 heterocycles. The second-order valence-corrected chi connectivity index (χ2v) is 8.82. The first kappa shape index (κ1) is 20.7. The molecular formula is C24H25ClN6O. The molecule has 1 atom stereocenters. The minimum Gasteiger partial charge on any atom is -0.467 e. The van der Waals surface area contributed by atoms with E-state index in [0.29, 0.717) is 10.9 Å². The van der Waals surface area contributed by atoms with Gasteiger partial charge in [-0.1, -0.05) is 11.6 Å². The third-order valence-electron chi connectivity index (χ3n) is 6.12. The van der Waals surface area contributed by atoms with E-state index in [1.165, 1.54) is 16.7 Å². The van der Waals surface area contributed by atoms with Crippen molar-refractivity contribution < 1.29 is 4.74 Å². The van der Waals surface area contributed by atoms with Gasteiger partial charge in [-0.25, -0.2) is 9.97 Å². The molecule has 3 N–H and O–H groups in total. The molecule has 0 spiro atoms. The van der Waals surface area contributed by atoms with Gasteiger partial charge >= 0.3 is 0 Å². The second-order valence-electron chi connectivity index (χ2n) is 8.42. The van der Waals surface area contributed by atoms with E-state index in [4.69, 9.17) is 27.1 Å². The summed E-state index contributed by atoms with van der Waals surface area (Å²) in [6.45, 7) is 6.09. The van der Waals surface area contributed by atoms with E-state index in [9.17, 15) is 0 Å². The number of anilines is 1. The third-order valence-corrected chi connectivity index (χ3v) is 6.45. The van der Waals surface area contributed by atoms with Crippen LogP contribution in [0.5, 0.6) is 5.88 Å². The molecule has 164 valence electrons. The Morgan fingerprint density at radius 2 is 2.09 bits per heavy atom. The minimum atomic E-state index is -0.394. The highest BCUT2D eigenvalue weighted by atomic mass is 35.5. The van der Waals surface area contributed by atoms with Gasteiger partial charge in [-0.2, -0.15) is 5.10 Å². The van der Waals surface area contributed by atoms with Gasteiger partial charge in [0.05, 0.1) is 23.6 Å². The van der Waals surface area contributed by atoms with Crippen LogP contribution >= 0.6 is 11.6 Å². The molecule has 0 amide bonds. The Labute approximate surface area is 191 Å². The number of H-pyrrole nitrogens is 1. The highest BCUT2D eigenvalue weighted by Crippen LogP contribution is 2.35. The number of fused-ring (bicyclic) bond motifs is 2. The fourth-order valence-electron chi connectivity index (χ4n) is 4.47. The second kappa shape index (κ2) is 8.07. The Kier molecular flexibility index (Phi) is 5.23. The largest absolute Gasteiger partial charge is 0.467 e. The van der Waals surface area contributed by atoms with Crippen LogP contribution in [0.3, 0.4) is 0 Å². The van der Waals surface area contributed by atoms with Crippen molar-refractivity contribution in [2.45, 2.75) is 32.9 Å². The van der Waals surface area contributed by atoms with Crippen LogP contribution in [-0.2, 0) is 13.0 Å². The lowest BCUT2D eigenvalue weighted by molar-refractivity contribution is 0.220. The van der Waals surface area contributed by atoms with Crippen LogP contribution in [0.15, 0.2) is 36.7 Å². The third kappa shape index (κ3) is 3.67. The number of aryl methyl sites for hydroxylation is 1. The number of hydrogen-bond donors (Lipinski definition) is 2. The predicted molar refractivity (Wildman–Crippen MR) is 127 cm³/mol. The minimum absolute atomic E-state index is 0.241. The standard InChI is InChI=1S/C24H25ClN6O/c1-13-8-15(9-16-12-31(3)7-6-17(13)16)21-11-27-23(26)24(29-21)32-14(2)22-18-10-28-30-20(18)5-4-19(22)25/h4-5,8-11,14H,6-7,12H2,1-3H3,(H2,26,27)(H,28,30). The Bertz CT molecular complexity index is 1320. The average Bonchev–Trinajstić information content (AvgIpc) is 3.23. The molecule has 7 nitrogen and oxygen atoms in total. The van der Waals surface area contributed by atoms with Crippen LogP contribution in [0.25, 0.3) is 22.2 Å². The number of nitrogens with two attached hydrogens (primary N) is 1. The summed E-state index contributed by atoms with van der Waals surface area (Å²) in [6.07, 6.45) is 4.12. The Hall–Kier alpha value is -3.16. The quantitative estimate of drug-likeness (QED) is 0.470. The summed E-state index contributed by atoms with van der Waals surface area (Å²) in [4.78, 5) is 11.4. The van der Waals surface area contributed by atoms with Gasteiger partial charge in [0.25, 0.3) is 5.88 Å². The summed E-state index contributed by atoms with van der Waals surface area (Å²) in [5.74, 6) is 0.532. The molecule has 0 saturated heterocycles. The van der Waals surface area contributed by atoms with Crippen LogP contribution in [0, 0.1) is 6.92 Å². The molecule has 0 aliphatic carbocycles. The number of rotatable bonds is 4. The number of ether oxygens (including phenoxy) is 1. The van der Waals surface area contributed by atoms with E-state index in [-0.39, 0.29) is 5.82 Å². The molecule has 0 fully saturated rings. The molecule has 32 heavy (non-hydrogen) atoms. The van der Waals surface area contributed by atoms with Gasteiger partial charge < -0.3 is 15.4 Å². The molecule has 4 aromatic rings. The number of benzene rings is 2. The smallest absolute Gasteiger partial charge is 0.258 e. The normalized spacial score (nSPS) is 15.0. The van der Waals surface area contributed by atoms with Gasteiger partial charge in [-0.3, -0.25) is 5.10 Å². The fraction of sp³-hybridized carbons (Fsp3) is 0.292. The molecule has 2 aromatic carbocycles. The van der Waals surface area contributed by atoms with Crippen LogP contribution in [0.1, 0.15) is 35.3 Å².